The first-order chi connectivity index (χ1) is 17.4. The van der Waals surface area contributed by atoms with Crippen LogP contribution in [0.3, 0.4) is 0 Å². The number of hydrogen-bond donors (Lipinski definition) is 1. The second kappa shape index (κ2) is 10.8. The summed E-state index contributed by atoms with van der Waals surface area (Å²) in [6.07, 6.45) is 4.81. The molecule has 0 saturated carbocycles. The van der Waals surface area contributed by atoms with Gasteiger partial charge in [0.15, 0.2) is 0 Å². The molecule has 7 nitrogen and oxygen atoms in total. The second-order valence-electron chi connectivity index (χ2n) is 8.56. The number of ether oxygens (including phenoxy) is 2. The number of nitrogens with one attached hydrogen (secondary N) is 1. The van der Waals surface area contributed by atoms with Gasteiger partial charge in [0.2, 0.25) is 0 Å². The lowest BCUT2D eigenvalue weighted by molar-refractivity contribution is 0.203. The number of carbonyl (C=O) groups is 1. The van der Waals surface area contributed by atoms with Gasteiger partial charge in [-0.3, -0.25) is 4.57 Å². The van der Waals surface area contributed by atoms with Crippen LogP contribution in [-0.4, -0.2) is 29.3 Å². The van der Waals surface area contributed by atoms with E-state index in [1.165, 1.54) is 12.6 Å². The van der Waals surface area contributed by atoms with E-state index in [4.69, 9.17) is 15.9 Å². The Morgan fingerprint density at radius 1 is 1.06 bits per heavy atom. The Morgan fingerprint density at radius 3 is 2.39 bits per heavy atom. The number of aromatic nitrogens is 2. The van der Waals surface area contributed by atoms with Crippen LogP contribution >= 0.6 is 0 Å². The molecule has 0 spiro atoms. The average Bonchev–Trinajstić information content (AvgIpc) is 2.89. The number of carbonyl (C=O) groups excluding carboxylic acids is 1. The molecule has 0 saturated heterocycles. The molecule has 4 aromatic rings. The maximum Gasteiger partial charge on any atom is 0.412 e. The number of hydrogen-bond acceptors (Lipinski definition) is 5. The van der Waals surface area contributed by atoms with Crippen molar-refractivity contribution in [3.63, 3.8) is 0 Å². The maximum atomic E-state index is 13.2. The Bertz CT molecular complexity index is 1480. The summed E-state index contributed by atoms with van der Waals surface area (Å²) < 4.78 is 12.4. The van der Waals surface area contributed by atoms with E-state index >= 15 is 0 Å². The fourth-order valence-electron chi connectivity index (χ4n) is 3.88. The molecule has 0 bridgehead atoms. The van der Waals surface area contributed by atoms with Crippen LogP contribution in [0.15, 0.2) is 71.5 Å². The van der Waals surface area contributed by atoms with Crippen LogP contribution in [0.5, 0.6) is 11.5 Å². The SMILES string of the molecule is C#CCOc1ccc2c(c1)c(-c1ccc(C(C)C)cc1)nc(=O)n2Cc1ccc(OC(=O)NC)cc1. The molecule has 0 fully saturated rings. The molecule has 4 rings (SSSR count). The number of rotatable bonds is 7. The van der Waals surface area contributed by atoms with Crippen LogP contribution in [0.25, 0.3) is 22.2 Å². The highest BCUT2D eigenvalue weighted by Gasteiger charge is 2.15. The molecule has 0 aliphatic heterocycles. The average molecular weight is 482 g/mol. The summed E-state index contributed by atoms with van der Waals surface area (Å²) in [4.78, 5) is 29.1. The molecule has 7 heteroatoms. The molecule has 1 N–H and O–H groups in total. The molecule has 182 valence electrons. The zero-order valence-electron chi connectivity index (χ0n) is 20.4. The normalized spacial score (nSPS) is 10.8. The zero-order valence-corrected chi connectivity index (χ0v) is 20.4. The predicted molar refractivity (Wildman–Crippen MR) is 140 cm³/mol. The van der Waals surface area contributed by atoms with Crippen molar-refractivity contribution < 1.29 is 14.3 Å². The molecule has 3 aromatic carbocycles. The molecule has 0 aliphatic rings. The third kappa shape index (κ3) is 5.39. The molecule has 0 radical (unpaired) electrons. The van der Waals surface area contributed by atoms with Gasteiger partial charge in [-0.05, 0) is 47.4 Å². The second-order valence-corrected chi connectivity index (χ2v) is 8.56. The third-order valence-electron chi connectivity index (χ3n) is 5.80. The van der Waals surface area contributed by atoms with Gasteiger partial charge < -0.3 is 14.8 Å². The maximum absolute atomic E-state index is 13.2. The van der Waals surface area contributed by atoms with Crippen LogP contribution in [0.1, 0.15) is 30.9 Å². The van der Waals surface area contributed by atoms with Crippen molar-refractivity contribution in [3.05, 3.63) is 88.3 Å². The van der Waals surface area contributed by atoms with E-state index in [0.29, 0.717) is 29.7 Å². The molecule has 0 aliphatic carbocycles. The van der Waals surface area contributed by atoms with E-state index in [1.807, 2.05) is 24.3 Å². The highest BCUT2D eigenvalue weighted by Crippen LogP contribution is 2.30. The molecule has 1 heterocycles. The van der Waals surface area contributed by atoms with Gasteiger partial charge in [0.25, 0.3) is 0 Å². The van der Waals surface area contributed by atoms with Crippen LogP contribution in [-0.2, 0) is 6.54 Å². The van der Waals surface area contributed by atoms with Gasteiger partial charge in [-0.15, -0.1) is 6.42 Å². The van der Waals surface area contributed by atoms with Gasteiger partial charge >= 0.3 is 11.8 Å². The summed E-state index contributed by atoms with van der Waals surface area (Å²) >= 11 is 0. The fraction of sp³-hybridized carbons (Fsp3) is 0.207. The van der Waals surface area contributed by atoms with Crippen molar-refractivity contribution >= 4 is 17.0 Å². The summed E-state index contributed by atoms with van der Waals surface area (Å²) in [5, 5.41) is 3.18. The Kier molecular flexibility index (Phi) is 7.36. The zero-order chi connectivity index (χ0) is 25.7. The van der Waals surface area contributed by atoms with Gasteiger partial charge in [-0.1, -0.05) is 56.2 Å². The summed E-state index contributed by atoms with van der Waals surface area (Å²) in [6.45, 7) is 4.70. The first-order valence-electron chi connectivity index (χ1n) is 11.6. The molecule has 1 aromatic heterocycles. The van der Waals surface area contributed by atoms with Gasteiger partial charge in [-0.2, -0.15) is 4.98 Å². The van der Waals surface area contributed by atoms with Crippen molar-refractivity contribution in [2.45, 2.75) is 26.3 Å². The Balaban J connectivity index is 1.78. The molecule has 0 atom stereocenters. The van der Waals surface area contributed by atoms with Gasteiger partial charge in [-0.25, -0.2) is 9.59 Å². The minimum atomic E-state index is -0.547. The number of amides is 1. The van der Waals surface area contributed by atoms with Crippen LogP contribution in [0.4, 0.5) is 4.79 Å². The molecular weight excluding hydrogens is 454 g/mol. The van der Waals surface area contributed by atoms with E-state index in [-0.39, 0.29) is 12.3 Å². The predicted octanol–water partition coefficient (Wildman–Crippen LogP) is 4.97. The van der Waals surface area contributed by atoms with Crippen molar-refractivity contribution in [1.29, 1.82) is 0 Å². The largest absolute Gasteiger partial charge is 0.481 e. The summed E-state index contributed by atoms with van der Waals surface area (Å²) in [6, 6.07) is 20.6. The number of nitrogens with zero attached hydrogens (tertiary/aromatic N) is 2. The lowest BCUT2D eigenvalue weighted by atomic mass is 9.99. The number of terminal acetylenes is 1. The molecule has 1 amide bonds. The van der Waals surface area contributed by atoms with E-state index in [1.54, 1.807) is 34.9 Å². The third-order valence-corrected chi connectivity index (χ3v) is 5.80. The van der Waals surface area contributed by atoms with E-state index in [2.05, 4.69) is 42.2 Å². The Morgan fingerprint density at radius 2 is 1.75 bits per heavy atom. The number of fused-ring (bicyclic) bond motifs is 1. The van der Waals surface area contributed by atoms with Crippen LogP contribution < -0.4 is 20.5 Å². The Labute approximate surface area is 209 Å². The summed E-state index contributed by atoms with van der Waals surface area (Å²) in [7, 11) is 1.49. The highest BCUT2D eigenvalue weighted by molar-refractivity contribution is 5.93. The minimum Gasteiger partial charge on any atom is -0.481 e. The molecule has 0 unspecified atom stereocenters. The van der Waals surface area contributed by atoms with E-state index < -0.39 is 6.09 Å². The first-order valence-corrected chi connectivity index (χ1v) is 11.6. The molecule has 36 heavy (non-hydrogen) atoms. The van der Waals surface area contributed by atoms with Crippen molar-refractivity contribution in [3.8, 4) is 35.1 Å². The lowest BCUT2D eigenvalue weighted by Crippen LogP contribution is -2.24. The lowest BCUT2D eigenvalue weighted by Gasteiger charge is -2.15. The topological polar surface area (TPSA) is 82.4 Å². The van der Waals surface area contributed by atoms with Gasteiger partial charge in [0.05, 0.1) is 17.8 Å². The van der Waals surface area contributed by atoms with E-state index in [9.17, 15) is 9.59 Å². The monoisotopic (exact) mass is 481 g/mol. The smallest absolute Gasteiger partial charge is 0.412 e. The Hall–Kier alpha value is -4.57. The summed E-state index contributed by atoms with van der Waals surface area (Å²) in [5.74, 6) is 3.88. The van der Waals surface area contributed by atoms with E-state index in [0.717, 1.165) is 22.0 Å². The van der Waals surface area contributed by atoms with Crippen LogP contribution in [0.2, 0.25) is 0 Å². The first kappa shape index (κ1) is 24.6. The number of benzene rings is 3. The fourth-order valence-corrected chi connectivity index (χ4v) is 3.88. The highest BCUT2D eigenvalue weighted by atomic mass is 16.5. The summed E-state index contributed by atoms with van der Waals surface area (Å²) in [5.41, 5.74) is 3.84. The van der Waals surface area contributed by atoms with Crippen molar-refractivity contribution in [2.75, 3.05) is 13.7 Å². The quantitative estimate of drug-likeness (QED) is 0.377. The van der Waals surface area contributed by atoms with Gasteiger partial charge in [0.1, 0.15) is 18.1 Å². The van der Waals surface area contributed by atoms with Crippen molar-refractivity contribution in [2.24, 2.45) is 0 Å². The standard InChI is InChI=1S/C29H27N3O4/c1-5-16-35-24-14-15-26-25(17-24)27(22-10-8-21(9-11-22)19(2)3)31-28(33)32(26)18-20-6-12-23(13-7-20)36-29(34)30-4/h1,6-15,17,19H,16,18H2,2-4H3,(H,30,34). The van der Waals surface area contributed by atoms with Crippen molar-refractivity contribution in [1.82, 2.24) is 14.9 Å². The van der Waals surface area contributed by atoms with Crippen LogP contribution in [0, 0.1) is 12.3 Å². The van der Waals surface area contributed by atoms with Gasteiger partial charge in [0, 0.05) is 18.0 Å². The molecular formula is C29H27N3O4. The minimum absolute atomic E-state index is 0.140.